The number of hydrogen-bond donors (Lipinski definition) is 1. The van der Waals surface area contributed by atoms with E-state index in [1.807, 2.05) is 0 Å². The molecule has 2 atom stereocenters. The van der Waals surface area contributed by atoms with Crippen molar-refractivity contribution in [2.24, 2.45) is 0 Å². The molecule has 0 spiro atoms. The average molecular weight is 602 g/mol. The van der Waals surface area contributed by atoms with Gasteiger partial charge >= 0.3 is 0 Å². The molecule has 0 radical (unpaired) electrons. The van der Waals surface area contributed by atoms with Gasteiger partial charge in [-0.15, -0.1) is 0 Å². The Bertz CT molecular complexity index is 664. The van der Waals surface area contributed by atoms with E-state index in [0.29, 0.717) is 12.0 Å². The normalized spacial score (nSPS) is 13.1. The van der Waals surface area contributed by atoms with Crippen LogP contribution in [0.3, 0.4) is 0 Å². The second-order valence-electron chi connectivity index (χ2n) is 14.4. The fourth-order valence-corrected chi connectivity index (χ4v) is 7.13. The molecule has 0 saturated carbocycles. The van der Waals surface area contributed by atoms with Crippen molar-refractivity contribution in [1.82, 2.24) is 4.98 Å². The third-order valence-corrected chi connectivity index (χ3v) is 10.1. The summed E-state index contributed by atoms with van der Waals surface area (Å²) in [7, 11) is 0. The molecule has 0 aliphatic carbocycles. The Morgan fingerprint density at radius 1 is 0.442 bits per heavy atom. The van der Waals surface area contributed by atoms with Crippen LogP contribution >= 0.6 is 0 Å². The highest BCUT2D eigenvalue weighted by Crippen LogP contribution is 2.27. The molecule has 0 bridgehead atoms. The topological polar surface area (TPSA) is 19.7 Å². The quantitative estimate of drug-likeness (QED) is 0.0599. The molecule has 0 saturated heterocycles. The van der Waals surface area contributed by atoms with Crippen LogP contribution in [0.25, 0.3) is 0 Å². The Morgan fingerprint density at radius 3 is 1.12 bits per heavy atom. The fraction of sp³-hybridized carbons (Fsp3) is 0.927. The smallest absolute Gasteiger partial charge is 0.247 e. The van der Waals surface area contributed by atoms with Crippen molar-refractivity contribution in [2.45, 2.75) is 245 Å². The summed E-state index contributed by atoms with van der Waals surface area (Å²) in [4.78, 5) is 3.73. The highest BCUT2D eigenvalue weighted by Gasteiger charge is 2.25. The number of unbranched alkanes of at least 4 members (excludes halogenated alkanes) is 26. The van der Waals surface area contributed by atoms with Crippen molar-refractivity contribution in [1.29, 1.82) is 0 Å². The number of H-pyrrole nitrogens is 1. The molecule has 2 heteroatoms. The SMILES string of the molecule is CCCCCCCCCCCCCCCCCC(CCCCCC)c1[nH]cc[n+]1C(C)CCCCCCCCCCCC. The molecular weight excluding hydrogens is 520 g/mol. The van der Waals surface area contributed by atoms with Crippen molar-refractivity contribution < 1.29 is 4.57 Å². The molecule has 0 amide bonds. The van der Waals surface area contributed by atoms with E-state index in [4.69, 9.17) is 0 Å². The first-order valence-corrected chi connectivity index (χ1v) is 20.3. The van der Waals surface area contributed by atoms with Crippen molar-refractivity contribution in [3.63, 3.8) is 0 Å². The van der Waals surface area contributed by atoms with Crippen molar-refractivity contribution in [3.05, 3.63) is 18.2 Å². The molecule has 2 unspecified atom stereocenters. The number of rotatable bonds is 34. The maximum absolute atomic E-state index is 3.73. The molecule has 1 aromatic heterocycles. The predicted molar refractivity (Wildman–Crippen MR) is 193 cm³/mol. The summed E-state index contributed by atoms with van der Waals surface area (Å²) in [6.45, 7) is 9.42. The zero-order chi connectivity index (χ0) is 31.1. The van der Waals surface area contributed by atoms with E-state index in [1.54, 1.807) is 0 Å². The van der Waals surface area contributed by atoms with E-state index in [2.05, 4.69) is 49.6 Å². The number of hydrogen-bond acceptors (Lipinski definition) is 0. The van der Waals surface area contributed by atoms with E-state index >= 15 is 0 Å². The minimum Gasteiger partial charge on any atom is -0.247 e. The average Bonchev–Trinajstić information content (AvgIpc) is 3.51. The summed E-state index contributed by atoms with van der Waals surface area (Å²) in [5.41, 5.74) is 0. The molecule has 1 aromatic rings. The van der Waals surface area contributed by atoms with Crippen LogP contribution in [0, 0.1) is 0 Å². The number of imidazole rings is 1. The van der Waals surface area contributed by atoms with E-state index in [-0.39, 0.29) is 0 Å². The molecule has 0 fully saturated rings. The van der Waals surface area contributed by atoms with Crippen LogP contribution < -0.4 is 4.57 Å². The lowest BCUT2D eigenvalue weighted by Crippen LogP contribution is -2.41. The van der Waals surface area contributed by atoms with Crippen molar-refractivity contribution in [3.8, 4) is 0 Å². The third-order valence-electron chi connectivity index (χ3n) is 10.1. The summed E-state index contributed by atoms with van der Waals surface area (Å²) in [6, 6.07) is 0.620. The van der Waals surface area contributed by atoms with Gasteiger partial charge in [-0.3, -0.25) is 0 Å². The van der Waals surface area contributed by atoms with E-state index in [9.17, 15) is 0 Å². The van der Waals surface area contributed by atoms with Crippen LogP contribution in [0.4, 0.5) is 0 Å². The van der Waals surface area contributed by atoms with E-state index in [1.165, 1.54) is 211 Å². The van der Waals surface area contributed by atoms with Crippen LogP contribution in [-0.2, 0) is 0 Å². The van der Waals surface area contributed by atoms with Gasteiger partial charge in [0.05, 0.1) is 12.0 Å². The molecular formula is C41H81N2+. The number of nitrogens with one attached hydrogen (secondary N) is 1. The Balaban J connectivity index is 2.27. The fourth-order valence-electron chi connectivity index (χ4n) is 7.13. The largest absolute Gasteiger partial charge is 0.257 e. The van der Waals surface area contributed by atoms with Crippen LogP contribution in [0.15, 0.2) is 12.4 Å². The van der Waals surface area contributed by atoms with Crippen molar-refractivity contribution in [2.75, 3.05) is 0 Å². The molecule has 43 heavy (non-hydrogen) atoms. The minimum absolute atomic E-state index is 0.620. The van der Waals surface area contributed by atoms with Crippen molar-refractivity contribution >= 4 is 0 Å². The first-order valence-electron chi connectivity index (χ1n) is 20.3. The summed E-state index contributed by atoms with van der Waals surface area (Å²) >= 11 is 0. The molecule has 1 rings (SSSR count). The van der Waals surface area contributed by atoms with Crippen LogP contribution in [0.2, 0.25) is 0 Å². The van der Waals surface area contributed by atoms with Gasteiger partial charge in [-0.05, 0) is 32.6 Å². The van der Waals surface area contributed by atoms with Crippen LogP contribution in [0.5, 0.6) is 0 Å². The summed E-state index contributed by atoms with van der Waals surface area (Å²) in [6.07, 6.45) is 50.2. The van der Waals surface area contributed by atoms with Gasteiger partial charge in [0.15, 0.2) is 0 Å². The lowest BCUT2D eigenvalue weighted by Gasteiger charge is -2.17. The molecule has 1 heterocycles. The molecule has 0 aliphatic rings. The Hall–Kier alpha value is -0.790. The van der Waals surface area contributed by atoms with Gasteiger partial charge in [-0.2, -0.15) is 0 Å². The third kappa shape index (κ3) is 23.2. The predicted octanol–water partition coefficient (Wildman–Crippen LogP) is 14.5. The van der Waals surface area contributed by atoms with Crippen LogP contribution in [-0.4, -0.2) is 4.98 Å². The second-order valence-corrected chi connectivity index (χ2v) is 14.4. The monoisotopic (exact) mass is 602 g/mol. The zero-order valence-corrected chi connectivity index (χ0v) is 30.4. The van der Waals surface area contributed by atoms with E-state index < -0.39 is 0 Å². The Labute approximate surface area is 272 Å². The first kappa shape index (κ1) is 40.2. The summed E-state index contributed by atoms with van der Waals surface area (Å²) in [5.74, 6) is 2.24. The highest BCUT2D eigenvalue weighted by atomic mass is 15.1. The van der Waals surface area contributed by atoms with Gasteiger partial charge in [-0.25, -0.2) is 9.55 Å². The Kier molecular flexibility index (Phi) is 29.2. The summed E-state index contributed by atoms with van der Waals surface area (Å²) < 4.78 is 2.63. The lowest BCUT2D eigenvalue weighted by molar-refractivity contribution is -0.727. The lowest BCUT2D eigenvalue weighted by atomic mass is 9.93. The molecule has 2 nitrogen and oxygen atoms in total. The van der Waals surface area contributed by atoms with Gasteiger partial charge < -0.3 is 0 Å². The van der Waals surface area contributed by atoms with E-state index in [0.717, 1.165) is 0 Å². The maximum atomic E-state index is 3.73. The standard InChI is InChI=1S/C41H80N2/c1-5-8-11-14-16-18-20-21-22-23-24-26-28-30-33-36-40(35-32-13-10-7-3)41-42-37-38-43(41)39(4)34-31-29-27-25-19-17-15-12-9-6-2/h37-40H,5-36H2,1-4H3/p+1. The minimum atomic E-state index is 0.620. The Morgan fingerprint density at radius 2 is 0.744 bits per heavy atom. The van der Waals surface area contributed by atoms with Gasteiger partial charge in [0.25, 0.3) is 5.82 Å². The zero-order valence-electron chi connectivity index (χ0n) is 30.4. The van der Waals surface area contributed by atoms with Crippen LogP contribution in [0.1, 0.15) is 251 Å². The molecule has 0 aromatic carbocycles. The molecule has 0 aliphatic heterocycles. The maximum Gasteiger partial charge on any atom is 0.257 e. The van der Waals surface area contributed by atoms with Gasteiger partial charge in [-0.1, -0.05) is 201 Å². The van der Waals surface area contributed by atoms with Gasteiger partial charge in [0.2, 0.25) is 0 Å². The number of aromatic nitrogens is 2. The molecule has 254 valence electrons. The van der Waals surface area contributed by atoms with Gasteiger partial charge in [0, 0.05) is 0 Å². The number of aromatic amines is 1. The molecule has 1 N–H and O–H groups in total. The number of nitrogens with zero attached hydrogens (tertiary/aromatic N) is 1. The highest BCUT2D eigenvalue weighted by molar-refractivity contribution is 4.90. The first-order chi connectivity index (χ1) is 21.2. The second kappa shape index (κ2) is 31.2. The van der Waals surface area contributed by atoms with Gasteiger partial charge in [0.1, 0.15) is 12.4 Å². The summed E-state index contributed by atoms with van der Waals surface area (Å²) in [5, 5.41) is 0.